The molecule has 0 radical (unpaired) electrons. The molecule has 1 aromatic carbocycles. The van der Waals surface area contributed by atoms with Crippen LogP contribution in [0.5, 0.6) is 0 Å². The number of anilines is 2. The van der Waals surface area contributed by atoms with E-state index in [9.17, 15) is 4.79 Å². The molecule has 1 heterocycles. The largest absolute Gasteiger partial charge is 0.382 e. The van der Waals surface area contributed by atoms with Gasteiger partial charge in [0.25, 0.3) is 0 Å². The summed E-state index contributed by atoms with van der Waals surface area (Å²) in [5.41, 5.74) is 2.54. The second-order valence-corrected chi connectivity index (χ2v) is 8.20. The van der Waals surface area contributed by atoms with Crippen LogP contribution in [0.15, 0.2) is 23.1 Å². The van der Waals surface area contributed by atoms with Gasteiger partial charge in [-0.25, -0.2) is 0 Å². The molecular weight excluding hydrogens is 280 g/mol. The van der Waals surface area contributed by atoms with Crippen molar-refractivity contribution in [2.75, 3.05) is 16.4 Å². The van der Waals surface area contributed by atoms with Gasteiger partial charge in [-0.15, -0.1) is 11.8 Å². The molecule has 1 aliphatic heterocycles. The van der Waals surface area contributed by atoms with Gasteiger partial charge < -0.3 is 10.6 Å². The smallest absolute Gasteiger partial charge is 0.234 e. The first-order chi connectivity index (χ1) is 9.93. The number of hydrogen-bond donors (Lipinski definition) is 2. The summed E-state index contributed by atoms with van der Waals surface area (Å²) in [4.78, 5) is 12.7. The average molecular weight is 304 g/mol. The number of carbonyl (C=O) groups is 1. The summed E-state index contributed by atoms with van der Waals surface area (Å²) < 4.78 is 0. The third-order valence-corrected chi connectivity index (χ3v) is 5.73. The number of nitrogens with one attached hydrogen (secondary N) is 2. The van der Waals surface area contributed by atoms with Crippen LogP contribution in [0.2, 0.25) is 0 Å². The van der Waals surface area contributed by atoms with Crippen molar-refractivity contribution >= 4 is 29.0 Å². The Labute approximate surface area is 131 Å². The molecule has 2 unspecified atom stereocenters. The summed E-state index contributed by atoms with van der Waals surface area (Å²) >= 11 is 1.61. The SMILES string of the molecule is CC1CC(C)(C)CCC1Nc1ccc2c(c1)NC(=O)CS2. The fraction of sp³-hybridized carbons (Fsp3) is 0.588. The van der Waals surface area contributed by atoms with Gasteiger partial charge in [0, 0.05) is 16.6 Å². The standard InChI is InChI=1S/C17H24N2OS/c1-11-9-17(2,3)7-6-13(11)18-12-4-5-15-14(8-12)19-16(20)10-21-15/h4-5,8,11,13,18H,6-7,9-10H2,1-3H3,(H,19,20). The van der Waals surface area contributed by atoms with Crippen LogP contribution < -0.4 is 10.6 Å². The minimum atomic E-state index is 0.0948. The second kappa shape index (κ2) is 5.56. The van der Waals surface area contributed by atoms with Gasteiger partial charge in [0.05, 0.1) is 11.4 Å². The number of amides is 1. The van der Waals surface area contributed by atoms with Crippen LogP contribution in [0.25, 0.3) is 0 Å². The Balaban J connectivity index is 1.71. The zero-order chi connectivity index (χ0) is 15.0. The van der Waals surface area contributed by atoms with E-state index in [1.807, 2.05) is 0 Å². The molecule has 4 heteroatoms. The Morgan fingerprint density at radius 1 is 1.38 bits per heavy atom. The van der Waals surface area contributed by atoms with Crippen molar-refractivity contribution in [1.82, 2.24) is 0 Å². The van der Waals surface area contributed by atoms with Crippen molar-refractivity contribution in [1.29, 1.82) is 0 Å². The van der Waals surface area contributed by atoms with Gasteiger partial charge in [-0.1, -0.05) is 20.8 Å². The maximum absolute atomic E-state index is 11.5. The molecule has 3 nitrogen and oxygen atoms in total. The molecule has 1 aromatic rings. The van der Waals surface area contributed by atoms with Crippen LogP contribution in [0.3, 0.4) is 0 Å². The summed E-state index contributed by atoms with van der Waals surface area (Å²) in [7, 11) is 0. The lowest BCUT2D eigenvalue weighted by molar-refractivity contribution is -0.113. The van der Waals surface area contributed by atoms with Gasteiger partial charge in [0.2, 0.25) is 5.91 Å². The van der Waals surface area contributed by atoms with Crippen molar-refractivity contribution in [2.45, 2.75) is 51.0 Å². The fourth-order valence-electron chi connectivity index (χ4n) is 3.55. The fourth-order valence-corrected chi connectivity index (χ4v) is 4.34. The molecule has 2 aliphatic rings. The van der Waals surface area contributed by atoms with Gasteiger partial charge in [-0.2, -0.15) is 0 Å². The topological polar surface area (TPSA) is 41.1 Å². The van der Waals surface area contributed by atoms with Crippen LogP contribution in [0.1, 0.15) is 40.0 Å². The van der Waals surface area contributed by atoms with Crippen molar-refractivity contribution < 1.29 is 4.79 Å². The van der Waals surface area contributed by atoms with Gasteiger partial charge in [0.1, 0.15) is 0 Å². The molecule has 21 heavy (non-hydrogen) atoms. The van der Waals surface area contributed by atoms with E-state index >= 15 is 0 Å². The monoisotopic (exact) mass is 304 g/mol. The number of hydrogen-bond acceptors (Lipinski definition) is 3. The molecule has 0 bridgehead atoms. The Morgan fingerprint density at radius 2 is 2.19 bits per heavy atom. The highest BCUT2D eigenvalue weighted by atomic mass is 32.2. The van der Waals surface area contributed by atoms with Gasteiger partial charge in [0.15, 0.2) is 0 Å². The van der Waals surface area contributed by atoms with Crippen molar-refractivity contribution in [3.05, 3.63) is 18.2 Å². The lowest BCUT2D eigenvalue weighted by Gasteiger charge is -2.40. The first-order valence-electron chi connectivity index (χ1n) is 7.76. The highest BCUT2D eigenvalue weighted by molar-refractivity contribution is 8.00. The summed E-state index contributed by atoms with van der Waals surface area (Å²) in [5, 5.41) is 6.63. The normalized spacial score (nSPS) is 27.7. The number of rotatable bonds is 2. The van der Waals surface area contributed by atoms with E-state index in [4.69, 9.17) is 0 Å². The molecular formula is C17H24N2OS. The molecule has 0 aromatic heterocycles. The van der Waals surface area contributed by atoms with Gasteiger partial charge in [-0.05, 0) is 48.8 Å². The zero-order valence-corrected chi connectivity index (χ0v) is 13.8. The maximum Gasteiger partial charge on any atom is 0.234 e. The molecule has 3 rings (SSSR count). The second-order valence-electron chi connectivity index (χ2n) is 7.18. The lowest BCUT2D eigenvalue weighted by Crippen LogP contribution is -2.36. The number of benzene rings is 1. The minimum absolute atomic E-state index is 0.0948. The van der Waals surface area contributed by atoms with E-state index in [1.165, 1.54) is 19.3 Å². The predicted octanol–water partition coefficient (Wildman–Crippen LogP) is 4.36. The van der Waals surface area contributed by atoms with Crippen LogP contribution >= 0.6 is 11.8 Å². The van der Waals surface area contributed by atoms with E-state index < -0.39 is 0 Å². The predicted molar refractivity (Wildman–Crippen MR) is 90.0 cm³/mol. The van der Waals surface area contributed by atoms with Crippen LogP contribution in [0, 0.1) is 11.3 Å². The molecule has 1 amide bonds. The molecule has 1 aliphatic carbocycles. The van der Waals surface area contributed by atoms with Crippen molar-refractivity contribution in [3.8, 4) is 0 Å². The number of fused-ring (bicyclic) bond motifs is 1. The van der Waals surface area contributed by atoms with Crippen LogP contribution in [-0.2, 0) is 4.79 Å². The van der Waals surface area contributed by atoms with Crippen LogP contribution in [-0.4, -0.2) is 17.7 Å². The first-order valence-corrected chi connectivity index (χ1v) is 8.75. The van der Waals surface area contributed by atoms with E-state index in [-0.39, 0.29) is 5.91 Å². The van der Waals surface area contributed by atoms with E-state index in [2.05, 4.69) is 49.6 Å². The summed E-state index contributed by atoms with van der Waals surface area (Å²) in [5.74, 6) is 1.29. The first kappa shape index (κ1) is 14.8. The third kappa shape index (κ3) is 3.37. The van der Waals surface area contributed by atoms with Crippen molar-refractivity contribution in [2.24, 2.45) is 11.3 Å². The van der Waals surface area contributed by atoms with E-state index in [0.717, 1.165) is 16.3 Å². The lowest BCUT2D eigenvalue weighted by atomic mass is 9.70. The van der Waals surface area contributed by atoms with E-state index in [0.29, 0.717) is 23.1 Å². The molecule has 0 spiro atoms. The third-order valence-electron chi connectivity index (χ3n) is 4.66. The number of thioether (sulfide) groups is 1. The highest BCUT2D eigenvalue weighted by Crippen LogP contribution is 2.40. The molecule has 1 fully saturated rings. The summed E-state index contributed by atoms with van der Waals surface area (Å²) in [6.07, 6.45) is 3.75. The molecule has 2 N–H and O–H groups in total. The molecule has 1 saturated carbocycles. The Kier molecular flexibility index (Phi) is 3.91. The quantitative estimate of drug-likeness (QED) is 0.853. The van der Waals surface area contributed by atoms with Crippen molar-refractivity contribution in [3.63, 3.8) is 0 Å². The Morgan fingerprint density at radius 3 is 2.95 bits per heavy atom. The minimum Gasteiger partial charge on any atom is -0.382 e. The highest BCUT2D eigenvalue weighted by Gasteiger charge is 2.32. The summed E-state index contributed by atoms with van der Waals surface area (Å²) in [6.45, 7) is 7.07. The average Bonchev–Trinajstić information content (AvgIpc) is 2.41. The molecule has 114 valence electrons. The zero-order valence-electron chi connectivity index (χ0n) is 13.0. The summed E-state index contributed by atoms with van der Waals surface area (Å²) in [6, 6.07) is 6.85. The maximum atomic E-state index is 11.5. The molecule has 0 saturated heterocycles. The Hall–Kier alpha value is -1.16. The Bertz CT molecular complexity index is 556. The van der Waals surface area contributed by atoms with Gasteiger partial charge in [-0.3, -0.25) is 4.79 Å². The molecule has 2 atom stereocenters. The number of carbonyl (C=O) groups excluding carboxylic acids is 1. The van der Waals surface area contributed by atoms with Gasteiger partial charge >= 0.3 is 0 Å². The van der Waals surface area contributed by atoms with Crippen LogP contribution in [0.4, 0.5) is 11.4 Å². The van der Waals surface area contributed by atoms with E-state index in [1.54, 1.807) is 11.8 Å².